The predicted molar refractivity (Wildman–Crippen MR) is 104 cm³/mol. The van der Waals surface area contributed by atoms with E-state index in [4.69, 9.17) is 9.47 Å². The Bertz CT molecular complexity index is 1050. The van der Waals surface area contributed by atoms with Crippen molar-refractivity contribution in [2.45, 2.75) is 12.1 Å². The summed E-state index contributed by atoms with van der Waals surface area (Å²) >= 11 is 1.12. The predicted octanol–water partition coefficient (Wildman–Crippen LogP) is 2.14. The molecule has 0 saturated heterocycles. The maximum Gasteiger partial charge on any atom is 0.325 e. The number of imide groups is 1. The molecule has 0 radical (unpaired) electrons. The van der Waals surface area contributed by atoms with Crippen LogP contribution in [0.15, 0.2) is 47.6 Å². The van der Waals surface area contributed by atoms with E-state index >= 15 is 0 Å². The minimum absolute atomic E-state index is 0.0270. The standard InChI is InChI=1S/C18H16N6O4S/c1-11-2-5-13(6-3-11)24-18(21-22-23-24)29-9-16(25)20-17(26)19-12-4-7-14-15(8-12)28-10-27-14/h2-8H,9-10H2,1H3,(H2,19,20,25,26). The van der Waals surface area contributed by atoms with Crippen LogP contribution in [0, 0.1) is 6.92 Å². The van der Waals surface area contributed by atoms with Gasteiger partial charge in [0.15, 0.2) is 11.5 Å². The molecule has 11 heteroatoms. The van der Waals surface area contributed by atoms with E-state index in [2.05, 4.69) is 26.2 Å². The van der Waals surface area contributed by atoms with E-state index in [0.717, 1.165) is 23.0 Å². The van der Waals surface area contributed by atoms with Gasteiger partial charge >= 0.3 is 6.03 Å². The average Bonchev–Trinajstić information content (AvgIpc) is 3.35. The summed E-state index contributed by atoms with van der Waals surface area (Å²) in [6, 6.07) is 12.0. The molecule has 148 valence electrons. The Morgan fingerprint density at radius 3 is 2.76 bits per heavy atom. The lowest BCUT2D eigenvalue weighted by Crippen LogP contribution is -2.35. The summed E-state index contributed by atoms with van der Waals surface area (Å²) in [6.07, 6.45) is 0. The Kier molecular flexibility index (Phi) is 5.29. The highest BCUT2D eigenvalue weighted by Gasteiger charge is 2.16. The Morgan fingerprint density at radius 1 is 1.14 bits per heavy atom. The normalized spacial score (nSPS) is 11.9. The molecule has 3 aromatic rings. The van der Waals surface area contributed by atoms with E-state index in [1.165, 1.54) is 4.68 Å². The van der Waals surface area contributed by atoms with Gasteiger partial charge in [-0.15, -0.1) is 5.10 Å². The number of hydrogen-bond donors (Lipinski definition) is 2. The zero-order chi connectivity index (χ0) is 20.2. The monoisotopic (exact) mass is 412 g/mol. The van der Waals surface area contributed by atoms with E-state index in [9.17, 15) is 9.59 Å². The Hall–Kier alpha value is -3.60. The number of fused-ring (bicyclic) bond motifs is 1. The third kappa shape index (κ3) is 4.46. The quantitative estimate of drug-likeness (QED) is 0.612. The second-order valence-corrected chi connectivity index (χ2v) is 7.01. The number of nitrogens with zero attached hydrogens (tertiary/aromatic N) is 4. The van der Waals surface area contributed by atoms with Crippen LogP contribution in [0.2, 0.25) is 0 Å². The first-order chi connectivity index (χ1) is 14.1. The van der Waals surface area contributed by atoms with Gasteiger partial charge < -0.3 is 14.8 Å². The van der Waals surface area contributed by atoms with Gasteiger partial charge in [0.05, 0.1) is 11.4 Å². The first kappa shape index (κ1) is 18.7. The number of amides is 3. The molecule has 0 fully saturated rings. The molecule has 2 N–H and O–H groups in total. The third-order valence-electron chi connectivity index (χ3n) is 3.94. The smallest absolute Gasteiger partial charge is 0.325 e. The lowest BCUT2D eigenvalue weighted by atomic mass is 10.2. The number of carbonyl (C=O) groups is 2. The van der Waals surface area contributed by atoms with Gasteiger partial charge in [0.2, 0.25) is 17.9 Å². The van der Waals surface area contributed by atoms with Crippen molar-refractivity contribution in [2.24, 2.45) is 0 Å². The van der Waals surface area contributed by atoms with Gasteiger partial charge in [0.25, 0.3) is 0 Å². The molecular formula is C18H16N6O4S. The first-order valence-corrected chi connectivity index (χ1v) is 9.56. The van der Waals surface area contributed by atoms with Crippen molar-refractivity contribution >= 4 is 29.4 Å². The highest BCUT2D eigenvalue weighted by molar-refractivity contribution is 7.99. The lowest BCUT2D eigenvalue weighted by molar-refractivity contribution is -0.117. The first-order valence-electron chi connectivity index (χ1n) is 8.57. The van der Waals surface area contributed by atoms with Gasteiger partial charge in [-0.25, -0.2) is 4.79 Å². The number of benzene rings is 2. The minimum Gasteiger partial charge on any atom is -0.454 e. The van der Waals surface area contributed by atoms with E-state index in [-0.39, 0.29) is 12.5 Å². The summed E-state index contributed by atoms with van der Waals surface area (Å²) in [7, 11) is 0. The summed E-state index contributed by atoms with van der Waals surface area (Å²) in [5.74, 6) is 0.634. The van der Waals surface area contributed by atoms with E-state index in [0.29, 0.717) is 22.3 Å². The molecule has 1 aliphatic heterocycles. The highest BCUT2D eigenvalue weighted by Crippen LogP contribution is 2.34. The molecule has 2 heterocycles. The topological polar surface area (TPSA) is 120 Å². The number of nitrogens with one attached hydrogen (secondary N) is 2. The lowest BCUT2D eigenvalue weighted by Gasteiger charge is -2.07. The van der Waals surface area contributed by atoms with Crippen LogP contribution in [-0.2, 0) is 4.79 Å². The number of tetrazole rings is 1. The number of aryl methyl sites for hydroxylation is 1. The van der Waals surface area contributed by atoms with Crippen molar-refractivity contribution in [1.29, 1.82) is 0 Å². The maximum atomic E-state index is 12.1. The number of carbonyl (C=O) groups excluding carboxylic acids is 2. The minimum atomic E-state index is -0.646. The largest absolute Gasteiger partial charge is 0.454 e. The van der Waals surface area contributed by atoms with Crippen LogP contribution in [0.5, 0.6) is 11.5 Å². The van der Waals surface area contributed by atoms with Gasteiger partial charge in [-0.3, -0.25) is 10.1 Å². The zero-order valence-corrected chi connectivity index (χ0v) is 16.1. The van der Waals surface area contributed by atoms with Crippen LogP contribution in [-0.4, -0.2) is 44.7 Å². The molecule has 3 amide bonds. The fraction of sp³-hybridized carbons (Fsp3) is 0.167. The molecule has 10 nitrogen and oxygen atoms in total. The SMILES string of the molecule is Cc1ccc(-n2nnnc2SCC(=O)NC(=O)Nc2ccc3c(c2)OCO3)cc1. The van der Waals surface area contributed by atoms with Crippen LogP contribution in [0.1, 0.15) is 5.56 Å². The molecule has 1 aliphatic rings. The molecule has 0 spiro atoms. The number of urea groups is 1. The third-order valence-corrected chi connectivity index (χ3v) is 4.85. The molecular weight excluding hydrogens is 396 g/mol. The fourth-order valence-corrected chi connectivity index (χ4v) is 3.24. The summed E-state index contributed by atoms with van der Waals surface area (Å²) < 4.78 is 12.0. The number of rotatable bonds is 5. The summed E-state index contributed by atoms with van der Waals surface area (Å²) in [5.41, 5.74) is 2.38. The van der Waals surface area contributed by atoms with Crippen molar-refractivity contribution in [2.75, 3.05) is 17.9 Å². The number of aromatic nitrogens is 4. The van der Waals surface area contributed by atoms with Gasteiger partial charge in [-0.05, 0) is 41.6 Å². The van der Waals surface area contributed by atoms with Crippen molar-refractivity contribution < 1.29 is 19.1 Å². The molecule has 0 aliphatic carbocycles. The van der Waals surface area contributed by atoms with Crippen molar-refractivity contribution in [3.8, 4) is 17.2 Å². The molecule has 0 bridgehead atoms. The average molecular weight is 412 g/mol. The van der Waals surface area contributed by atoms with Crippen molar-refractivity contribution in [1.82, 2.24) is 25.5 Å². The molecule has 1 aromatic heterocycles. The van der Waals surface area contributed by atoms with Crippen molar-refractivity contribution in [3.05, 3.63) is 48.0 Å². The highest BCUT2D eigenvalue weighted by atomic mass is 32.2. The number of ether oxygens (including phenoxy) is 2. The summed E-state index contributed by atoms with van der Waals surface area (Å²) in [5, 5.41) is 16.8. The second kappa shape index (κ2) is 8.19. The summed E-state index contributed by atoms with van der Waals surface area (Å²) in [6.45, 7) is 2.13. The van der Waals surface area contributed by atoms with Crippen LogP contribution in [0.25, 0.3) is 5.69 Å². The van der Waals surface area contributed by atoms with Gasteiger partial charge in [0, 0.05) is 11.8 Å². The van der Waals surface area contributed by atoms with Crippen LogP contribution >= 0.6 is 11.8 Å². The molecule has 2 aromatic carbocycles. The van der Waals surface area contributed by atoms with Gasteiger partial charge in [0.1, 0.15) is 0 Å². The van der Waals surface area contributed by atoms with E-state index < -0.39 is 11.9 Å². The molecule has 0 unspecified atom stereocenters. The van der Waals surface area contributed by atoms with Crippen LogP contribution in [0.4, 0.5) is 10.5 Å². The Balaban J connectivity index is 1.31. The van der Waals surface area contributed by atoms with E-state index in [1.807, 2.05) is 31.2 Å². The van der Waals surface area contributed by atoms with Crippen LogP contribution in [0.3, 0.4) is 0 Å². The second-order valence-electron chi connectivity index (χ2n) is 6.07. The summed E-state index contributed by atoms with van der Waals surface area (Å²) in [4.78, 5) is 24.1. The maximum absolute atomic E-state index is 12.1. The van der Waals surface area contributed by atoms with Crippen molar-refractivity contribution in [3.63, 3.8) is 0 Å². The van der Waals surface area contributed by atoms with Gasteiger partial charge in [-0.1, -0.05) is 29.5 Å². The Labute approximate surface area is 169 Å². The zero-order valence-electron chi connectivity index (χ0n) is 15.3. The fourth-order valence-electron chi connectivity index (χ4n) is 2.55. The number of anilines is 1. The molecule has 0 saturated carbocycles. The van der Waals surface area contributed by atoms with Gasteiger partial charge in [-0.2, -0.15) is 4.68 Å². The van der Waals surface area contributed by atoms with E-state index in [1.54, 1.807) is 18.2 Å². The number of thioether (sulfide) groups is 1. The molecule has 4 rings (SSSR count). The molecule has 29 heavy (non-hydrogen) atoms. The number of hydrogen-bond acceptors (Lipinski definition) is 8. The Morgan fingerprint density at radius 2 is 1.93 bits per heavy atom. The molecule has 0 atom stereocenters. The van der Waals surface area contributed by atoms with Crippen LogP contribution < -0.4 is 20.1 Å².